The van der Waals surface area contributed by atoms with Gasteiger partial charge in [-0.2, -0.15) is 0 Å². The molecular weight excluding hydrogens is 500 g/mol. The highest BCUT2D eigenvalue weighted by Crippen LogP contribution is 2.31. The van der Waals surface area contributed by atoms with Gasteiger partial charge in [0.2, 0.25) is 0 Å². The molecular formula is C27H20Br2O. The van der Waals surface area contributed by atoms with Gasteiger partial charge in [-0.1, -0.05) is 105 Å². The van der Waals surface area contributed by atoms with E-state index in [4.69, 9.17) is 0 Å². The van der Waals surface area contributed by atoms with Gasteiger partial charge in [-0.05, 0) is 64.6 Å². The van der Waals surface area contributed by atoms with Crippen LogP contribution in [0.1, 0.15) is 24.0 Å². The van der Waals surface area contributed by atoms with Crippen LogP contribution in [0.15, 0.2) is 106 Å². The number of carbonyl (C=O) groups excluding carboxylic acids is 1. The molecule has 0 heterocycles. The summed E-state index contributed by atoms with van der Waals surface area (Å²) in [5, 5.41) is 0. The first kappa shape index (κ1) is 20.8. The molecule has 0 radical (unpaired) electrons. The maximum Gasteiger partial charge on any atom is 0.141 e. The van der Waals surface area contributed by atoms with Gasteiger partial charge in [0.25, 0.3) is 0 Å². The second-order valence-electron chi connectivity index (χ2n) is 7.30. The van der Waals surface area contributed by atoms with Gasteiger partial charge in [-0.25, -0.2) is 0 Å². The molecule has 3 heteroatoms. The van der Waals surface area contributed by atoms with Crippen molar-refractivity contribution in [2.24, 2.45) is 0 Å². The fourth-order valence-corrected chi connectivity index (χ4v) is 4.21. The molecule has 148 valence electrons. The number of carbonyl (C=O) groups is 1. The Morgan fingerprint density at radius 3 is 1.07 bits per heavy atom. The summed E-state index contributed by atoms with van der Waals surface area (Å²) in [6, 6.07) is 33.1. The number of benzene rings is 4. The fourth-order valence-electron chi connectivity index (χ4n) is 3.68. The predicted octanol–water partition coefficient (Wildman–Crippen LogP) is 8.27. The highest BCUT2D eigenvalue weighted by Gasteiger charge is 2.19. The molecule has 0 spiro atoms. The summed E-state index contributed by atoms with van der Waals surface area (Å²) < 4.78 is 2.12. The minimum atomic E-state index is -0.261. The van der Waals surface area contributed by atoms with Crippen molar-refractivity contribution in [2.75, 3.05) is 0 Å². The van der Waals surface area contributed by atoms with E-state index in [-0.39, 0.29) is 11.7 Å². The van der Waals surface area contributed by atoms with Gasteiger partial charge in [0.1, 0.15) is 5.78 Å². The normalized spacial score (nSPS) is 10.9. The molecule has 30 heavy (non-hydrogen) atoms. The molecule has 4 rings (SSSR count). The molecule has 0 amide bonds. The summed E-state index contributed by atoms with van der Waals surface area (Å²) >= 11 is 6.95. The first-order valence-corrected chi connectivity index (χ1v) is 11.3. The van der Waals surface area contributed by atoms with Crippen LogP contribution in [0.4, 0.5) is 0 Å². The van der Waals surface area contributed by atoms with Gasteiger partial charge in [0.15, 0.2) is 0 Å². The Morgan fingerprint density at radius 2 is 0.800 bits per heavy atom. The Hall–Kier alpha value is -2.49. The van der Waals surface area contributed by atoms with Crippen LogP contribution in [0.5, 0.6) is 0 Å². The Balaban J connectivity index is 1.61. The largest absolute Gasteiger partial charge is 0.299 e. The van der Waals surface area contributed by atoms with Crippen LogP contribution in [-0.2, 0) is 4.79 Å². The van der Waals surface area contributed by atoms with E-state index in [1.54, 1.807) is 6.92 Å². The molecule has 0 aliphatic heterocycles. The number of halogens is 2. The minimum Gasteiger partial charge on any atom is -0.299 e. The standard InChI is InChI=1S/C27H20Br2O/c1-18(30)27(23-6-2-19(3-7-23)21-10-14-25(28)15-11-21)24-8-4-20(5-9-24)22-12-16-26(29)17-13-22/h2-17,27H,1H3. The summed E-state index contributed by atoms with van der Waals surface area (Å²) in [5.74, 6) is -0.120. The predicted molar refractivity (Wildman–Crippen MR) is 132 cm³/mol. The smallest absolute Gasteiger partial charge is 0.141 e. The molecule has 0 aromatic heterocycles. The van der Waals surface area contributed by atoms with Crippen molar-refractivity contribution in [1.82, 2.24) is 0 Å². The number of rotatable bonds is 5. The lowest BCUT2D eigenvalue weighted by Crippen LogP contribution is -2.10. The molecule has 4 aromatic rings. The first-order chi connectivity index (χ1) is 14.5. The lowest BCUT2D eigenvalue weighted by atomic mass is 9.86. The Labute approximate surface area is 194 Å². The van der Waals surface area contributed by atoms with E-state index in [0.717, 1.165) is 42.3 Å². The van der Waals surface area contributed by atoms with E-state index in [0.29, 0.717) is 0 Å². The number of Topliss-reactive ketones (excluding diaryl/α,β-unsaturated/α-hetero) is 1. The monoisotopic (exact) mass is 518 g/mol. The Morgan fingerprint density at radius 1 is 0.533 bits per heavy atom. The highest BCUT2D eigenvalue weighted by molar-refractivity contribution is 9.10. The summed E-state index contributed by atoms with van der Waals surface area (Å²) in [5.41, 5.74) is 6.61. The number of hydrogen-bond acceptors (Lipinski definition) is 1. The van der Waals surface area contributed by atoms with Crippen LogP contribution in [0.3, 0.4) is 0 Å². The lowest BCUT2D eigenvalue weighted by molar-refractivity contribution is -0.117. The summed E-state index contributed by atoms with van der Waals surface area (Å²) in [6.45, 7) is 1.66. The topological polar surface area (TPSA) is 17.1 Å². The maximum absolute atomic E-state index is 12.5. The van der Waals surface area contributed by atoms with Crippen molar-refractivity contribution in [2.45, 2.75) is 12.8 Å². The van der Waals surface area contributed by atoms with E-state index in [1.165, 1.54) is 0 Å². The maximum atomic E-state index is 12.5. The van der Waals surface area contributed by atoms with Gasteiger partial charge in [0.05, 0.1) is 5.92 Å². The van der Waals surface area contributed by atoms with Crippen molar-refractivity contribution in [3.63, 3.8) is 0 Å². The van der Waals surface area contributed by atoms with Gasteiger partial charge in [-0.15, -0.1) is 0 Å². The van der Waals surface area contributed by atoms with Gasteiger partial charge >= 0.3 is 0 Å². The van der Waals surface area contributed by atoms with Crippen molar-refractivity contribution in [3.8, 4) is 22.3 Å². The molecule has 0 saturated carbocycles. The molecule has 0 bridgehead atoms. The minimum absolute atomic E-state index is 0.141. The molecule has 0 aliphatic rings. The van der Waals surface area contributed by atoms with Crippen LogP contribution in [0.25, 0.3) is 22.3 Å². The molecule has 0 fully saturated rings. The van der Waals surface area contributed by atoms with E-state index < -0.39 is 0 Å². The van der Waals surface area contributed by atoms with Crippen LogP contribution >= 0.6 is 31.9 Å². The Kier molecular flexibility index (Phi) is 6.31. The van der Waals surface area contributed by atoms with E-state index in [9.17, 15) is 4.79 Å². The molecule has 0 atom stereocenters. The molecule has 0 aliphatic carbocycles. The van der Waals surface area contributed by atoms with Gasteiger partial charge in [-0.3, -0.25) is 4.79 Å². The van der Waals surface area contributed by atoms with E-state index >= 15 is 0 Å². The second kappa shape index (κ2) is 9.11. The average molecular weight is 520 g/mol. The third kappa shape index (κ3) is 4.63. The SMILES string of the molecule is CC(=O)C(c1ccc(-c2ccc(Br)cc2)cc1)c1ccc(-c2ccc(Br)cc2)cc1. The van der Waals surface area contributed by atoms with E-state index in [2.05, 4.69) is 105 Å². The summed E-state index contributed by atoms with van der Waals surface area (Å²) in [6.07, 6.45) is 0. The zero-order valence-electron chi connectivity index (χ0n) is 16.5. The zero-order valence-corrected chi connectivity index (χ0v) is 19.7. The van der Waals surface area contributed by atoms with Crippen molar-refractivity contribution in [3.05, 3.63) is 117 Å². The van der Waals surface area contributed by atoms with Crippen molar-refractivity contribution < 1.29 is 4.79 Å². The van der Waals surface area contributed by atoms with Crippen molar-refractivity contribution >= 4 is 37.6 Å². The third-order valence-corrected chi connectivity index (χ3v) is 6.31. The van der Waals surface area contributed by atoms with Gasteiger partial charge in [0, 0.05) is 8.95 Å². The number of ketones is 1. The molecule has 0 saturated heterocycles. The fraction of sp³-hybridized carbons (Fsp3) is 0.0741. The summed E-state index contributed by atoms with van der Waals surface area (Å²) in [7, 11) is 0. The second-order valence-corrected chi connectivity index (χ2v) is 9.13. The van der Waals surface area contributed by atoms with Gasteiger partial charge < -0.3 is 0 Å². The quantitative estimate of drug-likeness (QED) is 0.259. The summed E-state index contributed by atoms with van der Waals surface area (Å²) in [4.78, 5) is 12.5. The molecule has 0 N–H and O–H groups in total. The number of hydrogen-bond donors (Lipinski definition) is 0. The Bertz CT molecular complexity index is 1050. The first-order valence-electron chi connectivity index (χ1n) is 9.73. The van der Waals surface area contributed by atoms with Crippen LogP contribution < -0.4 is 0 Å². The average Bonchev–Trinajstić information content (AvgIpc) is 2.76. The van der Waals surface area contributed by atoms with Crippen molar-refractivity contribution in [1.29, 1.82) is 0 Å². The highest BCUT2D eigenvalue weighted by atomic mass is 79.9. The molecule has 4 aromatic carbocycles. The van der Waals surface area contributed by atoms with Crippen LogP contribution in [0, 0.1) is 0 Å². The lowest BCUT2D eigenvalue weighted by Gasteiger charge is -2.16. The van der Waals surface area contributed by atoms with E-state index in [1.807, 2.05) is 24.3 Å². The third-order valence-electron chi connectivity index (χ3n) is 5.25. The zero-order chi connectivity index (χ0) is 21.1. The van der Waals surface area contributed by atoms with Crippen LogP contribution in [0.2, 0.25) is 0 Å². The molecule has 0 unspecified atom stereocenters. The van der Waals surface area contributed by atoms with Crippen LogP contribution in [-0.4, -0.2) is 5.78 Å². The molecule has 1 nitrogen and oxygen atoms in total.